The molecule has 3 aromatic rings. The van der Waals surface area contributed by atoms with Gasteiger partial charge in [-0.1, -0.05) is 67.2 Å². The zero-order valence-corrected chi connectivity index (χ0v) is 16.0. The first kappa shape index (κ1) is 18.2. The smallest absolute Gasteiger partial charge is 0.261 e. The molecule has 0 bridgehead atoms. The fraction of sp³-hybridized carbons (Fsp3) is 0.160. The van der Waals surface area contributed by atoms with Crippen LogP contribution in [-0.4, -0.2) is 17.2 Å². The van der Waals surface area contributed by atoms with Crippen LogP contribution in [0.4, 0.5) is 0 Å². The number of Topliss-reactive ketones (excluding diaryl/α,β-unsaturated/α-hetero) is 1. The zero-order valence-electron chi connectivity index (χ0n) is 16.0. The van der Waals surface area contributed by atoms with E-state index in [0.717, 1.165) is 5.56 Å². The normalized spacial score (nSPS) is 14.7. The summed E-state index contributed by atoms with van der Waals surface area (Å²) in [5, 5.41) is 9.90. The second kappa shape index (κ2) is 6.77. The highest BCUT2D eigenvalue weighted by molar-refractivity contribution is 5.96. The number of rotatable bonds is 5. The molecule has 1 unspecified atom stereocenters. The van der Waals surface area contributed by atoms with Gasteiger partial charge in [-0.25, -0.2) is 0 Å². The average Bonchev–Trinajstić information content (AvgIpc) is 2.98. The lowest BCUT2D eigenvalue weighted by molar-refractivity contribution is -0.136. The molecular formula is C25H22O3. The lowest BCUT2D eigenvalue weighted by atomic mass is 9.74. The molecule has 0 aliphatic heterocycles. The average molecular weight is 370 g/mol. The van der Waals surface area contributed by atoms with Gasteiger partial charge in [0.25, 0.3) is 6.29 Å². The Hall–Kier alpha value is -3.17. The topological polar surface area (TPSA) is 46.5 Å². The van der Waals surface area contributed by atoms with E-state index in [1.54, 1.807) is 19.1 Å². The molecule has 1 aliphatic carbocycles. The molecule has 28 heavy (non-hydrogen) atoms. The molecule has 140 valence electrons. The monoisotopic (exact) mass is 370 g/mol. The van der Waals surface area contributed by atoms with Crippen molar-refractivity contribution in [2.75, 3.05) is 0 Å². The van der Waals surface area contributed by atoms with Crippen molar-refractivity contribution in [3.63, 3.8) is 0 Å². The van der Waals surface area contributed by atoms with Crippen LogP contribution < -0.4 is 4.74 Å². The first-order chi connectivity index (χ1) is 13.4. The molecule has 1 N–H and O–H groups in total. The Bertz CT molecular complexity index is 1020. The number of ketones is 1. The van der Waals surface area contributed by atoms with Gasteiger partial charge in [-0.2, -0.15) is 0 Å². The minimum absolute atomic E-state index is 0.260. The lowest BCUT2D eigenvalue weighted by Gasteiger charge is -2.28. The van der Waals surface area contributed by atoms with E-state index in [-0.39, 0.29) is 11.0 Å². The van der Waals surface area contributed by atoms with Crippen molar-refractivity contribution < 1.29 is 14.6 Å². The summed E-state index contributed by atoms with van der Waals surface area (Å²) in [6.07, 6.45) is -1.54. The first-order valence-electron chi connectivity index (χ1n) is 9.27. The quantitative estimate of drug-likeness (QED) is 0.515. The van der Waals surface area contributed by atoms with E-state index in [2.05, 4.69) is 62.0 Å². The molecule has 0 amide bonds. The summed E-state index contributed by atoms with van der Waals surface area (Å²) in [6, 6.07) is 24.5. The third-order valence-electron chi connectivity index (χ3n) is 5.55. The number of aliphatic hydroxyl groups excluding tert-OH is 1. The Labute approximate surface area is 164 Å². The fourth-order valence-corrected chi connectivity index (χ4v) is 4.02. The molecule has 3 heteroatoms. The first-order valence-corrected chi connectivity index (χ1v) is 9.27. The molecular weight excluding hydrogens is 348 g/mol. The predicted molar refractivity (Wildman–Crippen MR) is 110 cm³/mol. The van der Waals surface area contributed by atoms with Crippen molar-refractivity contribution in [3.05, 3.63) is 102 Å². The number of hydrogen-bond acceptors (Lipinski definition) is 3. The predicted octanol–water partition coefficient (Wildman–Crippen LogP) is 4.86. The van der Waals surface area contributed by atoms with Crippen molar-refractivity contribution in [1.82, 2.24) is 0 Å². The van der Waals surface area contributed by atoms with Gasteiger partial charge in [0.1, 0.15) is 5.75 Å². The summed E-state index contributed by atoms with van der Waals surface area (Å²) in [4.78, 5) is 11.8. The number of ether oxygens (including phenoxy) is 1. The molecule has 1 atom stereocenters. The largest absolute Gasteiger partial charge is 0.457 e. The highest BCUT2D eigenvalue weighted by Crippen LogP contribution is 2.52. The molecule has 0 fully saturated rings. The maximum absolute atomic E-state index is 11.8. The molecule has 0 saturated carbocycles. The van der Waals surface area contributed by atoms with E-state index in [4.69, 9.17) is 4.74 Å². The van der Waals surface area contributed by atoms with E-state index in [1.165, 1.54) is 22.3 Å². The molecule has 4 rings (SSSR count). The maximum atomic E-state index is 11.8. The molecule has 1 aliphatic rings. The number of aliphatic hydroxyl groups is 1. The molecule has 3 nitrogen and oxygen atoms in total. The van der Waals surface area contributed by atoms with Crippen molar-refractivity contribution >= 4 is 5.78 Å². The Morgan fingerprint density at radius 2 is 1.43 bits per heavy atom. The molecule has 3 aromatic carbocycles. The molecule has 0 aromatic heterocycles. The number of hydrogen-bond donors (Lipinski definition) is 1. The third kappa shape index (κ3) is 2.76. The van der Waals surface area contributed by atoms with E-state index >= 15 is 0 Å². The molecule has 0 spiro atoms. The van der Waals surface area contributed by atoms with Crippen LogP contribution in [0, 0.1) is 0 Å². The van der Waals surface area contributed by atoms with Gasteiger partial charge in [0, 0.05) is 5.41 Å². The van der Waals surface area contributed by atoms with Gasteiger partial charge >= 0.3 is 0 Å². The minimum atomic E-state index is -1.54. The van der Waals surface area contributed by atoms with Gasteiger partial charge < -0.3 is 9.84 Å². The Morgan fingerprint density at radius 3 is 1.93 bits per heavy atom. The van der Waals surface area contributed by atoms with E-state index in [9.17, 15) is 9.90 Å². The zero-order chi connectivity index (χ0) is 19.9. The van der Waals surface area contributed by atoms with Crippen LogP contribution in [0.15, 0.2) is 84.9 Å². The van der Waals surface area contributed by atoms with Crippen molar-refractivity contribution in [3.8, 4) is 16.9 Å². The van der Waals surface area contributed by atoms with Gasteiger partial charge in [-0.3, -0.25) is 4.79 Å². The number of fused-ring (bicyclic) bond motifs is 3. The van der Waals surface area contributed by atoms with Gasteiger partial charge in [0.15, 0.2) is 0 Å². The van der Waals surface area contributed by atoms with Crippen LogP contribution in [0.2, 0.25) is 0 Å². The molecule has 0 saturated heterocycles. The summed E-state index contributed by atoms with van der Waals surface area (Å²) in [6.45, 7) is 7.32. The second-order valence-electron chi connectivity index (χ2n) is 7.36. The summed E-state index contributed by atoms with van der Waals surface area (Å²) in [7, 11) is 0. The number of carbonyl (C=O) groups excluding carboxylic acids is 1. The van der Waals surface area contributed by atoms with Crippen LogP contribution in [0.1, 0.15) is 30.5 Å². The van der Waals surface area contributed by atoms with Gasteiger partial charge in [-0.05, 0) is 59.4 Å². The van der Waals surface area contributed by atoms with Crippen LogP contribution in [-0.2, 0) is 10.2 Å². The molecule has 0 radical (unpaired) electrons. The SMILES string of the molecule is C=C(C)C(=O)C(O)Oc1ccc(C2(C)c3ccccc3-c3ccccc32)cc1. The minimum Gasteiger partial charge on any atom is -0.457 e. The van der Waals surface area contributed by atoms with E-state index in [1.807, 2.05) is 12.1 Å². The Kier molecular flexibility index (Phi) is 4.40. The lowest BCUT2D eigenvalue weighted by Crippen LogP contribution is -2.27. The van der Waals surface area contributed by atoms with Crippen LogP contribution in [0.3, 0.4) is 0 Å². The van der Waals surface area contributed by atoms with E-state index in [0.29, 0.717) is 5.75 Å². The number of benzene rings is 3. The summed E-state index contributed by atoms with van der Waals surface area (Å²) in [5.41, 5.74) is 6.14. The van der Waals surface area contributed by atoms with Crippen molar-refractivity contribution in [2.45, 2.75) is 25.6 Å². The number of carbonyl (C=O) groups is 1. The van der Waals surface area contributed by atoms with Crippen LogP contribution in [0.25, 0.3) is 11.1 Å². The van der Waals surface area contributed by atoms with Gasteiger partial charge in [-0.15, -0.1) is 0 Å². The Morgan fingerprint density at radius 1 is 0.929 bits per heavy atom. The van der Waals surface area contributed by atoms with Gasteiger partial charge in [0.05, 0.1) is 0 Å². The summed E-state index contributed by atoms with van der Waals surface area (Å²) in [5.74, 6) is -0.0799. The molecule has 0 heterocycles. The third-order valence-corrected chi connectivity index (χ3v) is 5.55. The highest BCUT2D eigenvalue weighted by atomic mass is 16.6. The Balaban J connectivity index is 1.72. The van der Waals surface area contributed by atoms with E-state index < -0.39 is 12.1 Å². The fourth-order valence-electron chi connectivity index (χ4n) is 4.02. The summed E-state index contributed by atoms with van der Waals surface area (Å²) < 4.78 is 5.37. The highest BCUT2D eigenvalue weighted by Gasteiger charge is 2.40. The van der Waals surface area contributed by atoms with Crippen LogP contribution in [0.5, 0.6) is 5.75 Å². The second-order valence-corrected chi connectivity index (χ2v) is 7.36. The van der Waals surface area contributed by atoms with Crippen LogP contribution >= 0.6 is 0 Å². The standard InChI is InChI=1S/C25H22O3/c1-16(2)23(26)24(27)28-18-14-12-17(13-15-18)25(3)21-10-6-4-8-19(21)20-9-5-7-11-22(20)25/h4-15,24,27H,1H2,2-3H3. The summed E-state index contributed by atoms with van der Waals surface area (Å²) >= 11 is 0. The van der Waals surface area contributed by atoms with Gasteiger partial charge in [0.2, 0.25) is 5.78 Å². The van der Waals surface area contributed by atoms with Crippen molar-refractivity contribution in [2.24, 2.45) is 0 Å². The van der Waals surface area contributed by atoms with Crippen molar-refractivity contribution in [1.29, 1.82) is 0 Å². The maximum Gasteiger partial charge on any atom is 0.261 e.